The summed E-state index contributed by atoms with van der Waals surface area (Å²) in [6.07, 6.45) is 1.06. The van der Waals surface area contributed by atoms with Gasteiger partial charge in [0.25, 0.3) is 0 Å². The Morgan fingerprint density at radius 1 is 1.62 bits per heavy atom. The average Bonchev–Trinajstić information content (AvgIpc) is 2.18. The van der Waals surface area contributed by atoms with Gasteiger partial charge >= 0.3 is 0 Å². The summed E-state index contributed by atoms with van der Waals surface area (Å²) in [6, 6.07) is 7.13. The lowest BCUT2D eigenvalue weighted by molar-refractivity contribution is 0.112. The Labute approximate surface area is 76.6 Å². The van der Waals surface area contributed by atoms with Crippen molar-refractivity contribution in [3.63, 3.8) is 0 Å². The van der Waals surface area contributed by atoms with Crippen molar-refractivity contribution in [1.29, 1.82) is 5.26 Å². The third-order valence-corrected chi connectivity index (χ3v) is 1.71. The van der Waals surface area contributed by atoms with Crippen molar-refractivity contribution in [2.45, 2.75) is 6.42 Å². The van der Waals surface area contributed by atoms with Gasteiger partial charge in [0, 0.05) is 0 Å². The van der Waals surface area contributed by atoms with Crippen LogP contribution in [-0.2, 0) is 6.42 Å². The lowest BCUT2D eigenvalue weighted by Crippen LogP contribution is -1.92. The second-order valence-electron chi connectivity index (χ2n) is 2.53. The van der Waals surface area contributed by atoms with Crippen LogP contribution in [0.25, 0.3) is 0 Å². The Morgan fingerprint density at radius 3 is 2.92 bits per heavy atom. The van der Waals surface area contributed by atoms with Crippen molar-refractivity contribution in [2.24, 2.45) is 0 Å². The number of rotatable bonds is 3. The number of hydrogen-bond acceptors (Lipinski definition) is 3. The lowest BCUT2D eigenvalue weighted by Gasteiger charge is -2.04. The molecule has 66 valence electrons. The lowest BCUT2D eigenvalue weighted by atomic mass is 10.1. The van der Waals surface area contributed by atoms with Crippen LogP contribution in [0.3, 0.4) is 0 Å². The van der Waals surface area contributed by atoms with E-state index >= 15 is 0 Å². The third-order valence-electron chi connectivity index (χ3n) is 1.71. The maximum Gasteiger partial charge on any atom is 0.153 e. The van der Waals surface area contributed by atoms with E-state index in [0.717, 1.165) is 11.8 Å². The molecule has 13 heavy (non-hydrogen) atoms. The molecule has 0 aliphatic carbocycles. The van der Waals surface area contributed by atoms with E-state index in [1.54, 1.807) is 18.2 Å². The van der Waals surface area contributed by atoms with Gasteiger partial charge in [0.15, 0.2) is 6.29 Å². The summed E-state index contributed by atoms with van der Waals surface area (Å²) in [5.74, 6) is 0.516. The maximum atomic E-state index is 10.5. The van der Waals surface area contributed by atoms with Gasteiger partial charge in [-0.3, -0.25) is 4.79 Å². The molecule has 0 spiro atoms. The second-order valence-corrected chi connectivity index (χ2v) is 2.53. The number of nitriles is 1. The van der Waals surface area contributed by atoms with E-state index in [2.05, 4.69) is 0 Å². The Hall–Kier alpha value is -1.82. The van der Waals surface area contributed by atoms with Gasteiger partial charge in [-0.2, -0.15) is 5.26 Å². The molecule has 1 aromatic carbocycles. The van der Waals surface area contributed by atoms with E-state index in [0.29, 0.717) is 17.7 Å². The van der Waals surface area contributed by atoms with Crippen molar-refractivity contribution >= 4 is 6.29 Å². The molecule has 0 heterocycles. The molecule has 0 amide bonds. The highest BCUT2D eigenvalue weighted by Crippen LogP contribution is 2.18. The largest absolute Gasteiger partial charge is 0.496 e. The van der Waals surface area contributed by atoms with Gasteiger partial charge in [0.05, 0.1) is 25.2 Å². The van der Waals surface area contributed by atoms with Gasteiger partial charge in [0.2, 0.25) is 0 Å². The molecule has 1 rings (SSSR count). The smallest absolute Gasteiger partial charge is 0.153 e. The molecule has 1 aromatic rings. The minimum absolute atomic E-state index is 0.329. The molecule has 0 N–H and O–H groups in total. The number of aldehydes is 1. The predicted molar refractivity (Wildman–Crippen MR) is 47.7 cm³/mol. The number of nitrogens with zero attached hydrogens (tertiary/aromatic N) is 1. The van der Waals surface area contributed by atoms with Crippen LogP contribution in [0.5, 0.6) is 5.75 Å². The summed E-state index contributed by atoms with van der Waals surface area (Å²) < 4.78 is 4.98. The van der Waals surface area contributed by atoms with Crippen LogP contribution >= 0.6 is 0 Å². The van der Waals surface area contributed by atoms with Crippen LogP contribution in [0, 0.1) is 11.3 Å². The first-order chi connectivity index (χ1) is 6.31. The molecule has 0 aromatic heterocycles. The van der Waals surface area contributed by atoms with Crippen molar-refractivity contribution in [3.05, 3.63) is 29.3 Å². The summed E-state index contributed by atoms with van der Waals surface area (Å²) >= 11 is 0. The number of methoxy groups -OCH3 is 1. The van der Waals surface area contributed by atoms with Gasteiger partial charge in [-0.15, -0.1) is 0 Å². The van der Waals surface area contributed by atoms with Crippen LogP contribution in [-0.4, -0.2) is 13.4 Å². The Kier molecular flexibility index (Phi) is 3.04. The summed E-state index contributed by atoms with van der Waals surface area (Å²) in [7, 11) is 1.50. The molecule has 3 nitrogen and oxygen atoms in total. The van der Waals surface area contributed by atoms with Crippen LogP contribution in [0.1, 0.15) is 15.9 Å². The summed E-state index contributed by atoms with van der Waals surface area (Å²) in [4.78, 5) is 10.5. The van der Waals surface area contributed by atoms with Crippen LogP contribution < -0.4 is 4.74 Å². The van der Waals surface area contributed by atoms with Gasteiger partial charge in [-0.25, -0.2) is 0 Å². The van der Waals surface area contributed by atoms with Gasteiger partial charge in [0.1, 0.15) is 5.75 Å². The first kappa shape index (κ1) is 9.27. The minimum Gasteiger partial charge on any atom is -0.496 e. The molecule has 0 aliphatic rings. The predicted octanol–water partition coefficient (Wildman–Crippen LogP) is 1.57. The summed E-state index contributed by atoms with van der Waals surface area (Å²) in [6.45, 7) is 0. The highest BCUT2D eigenvalue weighted by molar-refractivity contribution is 5.79. The molecule has 0 atom stereocenters. The Morgan fingerprint density at radius 2 is 2.38 bits per heavy atom. The van der Waals surface area contributed by atoms with Crippen LogP contribution in [0.15, 0.2) is 18.2 Å². The fourth-order valence-corrected chi connectivity index (χ4v) is 1.05. The zero-order valence-corrected chi connectivity index (χ0v) is 7.28. The van der Waals surface area contributed by atoms with E-state index in [1.165, 1.54) is 7.11 Å². The van der Waals surface area contributed by atoms with Crippen LogP contribution in [0.4, 0.5) is 0 Å². The quantitative estimate of drug-likeness (QED) is 0.655. The number of carbonyl (C=O) groups is 1. The van der Waals surface area contributed by atoms with E-state index in [1.807, 2.05) is 6.07 Å². The summed E-state index contributed by atoms with van der Waals surface area (Å²) in [5, 5.41) is 8.45. The topological polar surface area (TPSA) is 50.1 Å². The van der Waals surface area contributed by atoms with Gasteiger partial charge < -0.3 is 4.74 Å². The van der Waals surface area contributed by atoms with Crippen molar-refractivity contribution in [2.75, 3.05) is 7.11 Å². The third kappa shape index (κ3) is 2.06. The van der Waals surface area contributed by atoms with Gasteiger partial charge in [-0.1, -0.05) is 6.07 Å². The number of benzene rings is 1. The molecular weight excluding hydrogens is 166 g/mol. The van der Waals surface area contributed by atoms with E-state index in [-0.39, 0.29) is 0 Å². The van der Waals surface area contributed by atoms with E-state index < -0.39 is 0 Å². The zero-order chi connectivity index (χ0) is 9.68. The zero-order valence-electron chi connectivity index (χ0n) is 7.28. The molecule has 0 aliphatic heterocycles. The van der Waals surface area contributed by atoms with Crippen LogP contribution in [0.2, 0.25) is 0 Å². The molecule has 0 fully saturated rings. The van der Waals surface area contributed by atoms with Crippen molar-refractivity contribution < 1.29 is 9.53 Å². The SMILES string of the molecule is COc1cc(CC#N)ccc1C=O. The molecule has 0 radical (unpaired) electrons. The van der Waals surface area contributed by atoms with E-state index in [4.69, 9.17) is 10.00 Å². The second kappa shape index (κ2) is 4.27. The maximum absolute atomic E-state index is 10.5. The normalized spacial score (nSPS) is 8.92. The highest BCUT2D eigenvalue weighted by atomic mass is 16.5. The van der Waals surface area contributed by atoms with E-state index in [9.17, 15) is 4.79 Å². The average molecular weight is 175 g/mol. The Balaban J connectivity index is 3.06. The molecule has 0 bridgehead atoms. The molecular formula is C10H9NO2. The summed E-state index contributed by atoms with van der Waals surface area (Å²) in [5.41, 5.74) is 1.36. The van der Waals surface area contributed by atoms with Gasteiger partial charge in [-0.05, 0) is 17.7 Å². The standard InChI is InChI=1S/C10H9NO2/c1-13-10-6-8(4-5-11)2-3-9(10)7-12/h2-3,6-7H,4H2,1H3. The molecule has 0 saturated carbocycles. The molecule has 0 saturated heterocycles. The fourth-order valence-electron chi connectivity index (χ4n) is 1.05. The monoisotopic (exact) mass is 175 g/mol. The number of carbonyl (C=O) groups excluding carboxylic acids is 1. The molecule has 0 unspecified atom stereocenters. The highest BCUT2D eigenvalue weighted by Gasteiger charge is 2.02. The fraction of sp³-hybridized carbons (Fsp3) is 0.200. The first-order valence-corrected chi connectivity index (χ1v) is 3.81. The number of hydrogen-bond donors (Lipinski definition) is 0. The van der Waals surface area contributed by atoms with Crippen molar-refractivity contribution in [3.8, 4) is 11.8 Å². The minimum atomic E-state index is 0.329. The Bertz CT molecular complexity index is 352. The molecule has 3 heteroatoms. The number of ether oxygens (including phenoxy) is 1. The first-order valence-electron chi connectivity index (χ1n) is 3.81. The van der Waals surface area contributed by atoms with Crippen molar-refractivity contribution in [1.82, 2.24) is 0 Å².